The summed E-state index contributed by atoms with van der Waals surface area (Å²) in [6, 6.07) is 10.4. The van der Waals surface area contributed by atoms with E-state index in [4.69, 9.17) is 16.0 Å². The van der Waals surface area contributed by atoms with E-state index in [1.165, 1.54) is 5.56 Å². The van der Waals surface area contributed by atoms with E-state index in [0.29, 0.717) is 6.04 Å². The highest BCUT2D eigenvalue weighted by Gasteiger charge is 2.06. The molecule has 0 saturated heterocycles. The van der Waals surface area contributed by atoms with Gasteiger partial charge < -0.3 is 9.73 Å². The minimum absolute atomic E-state index is 0.355. The molecule has 0 amide bonds. The lowest BCUT2D eigenvalue weighted by atomic mass is 10.1. The summed E-state index contributed by atoms with van der Waals surface area (Å²) in [6.07, 6.45) is 2.59. The van der Waals surface area contributed by atoms with E-state index in [-0.39, 0.29) is 0 Å². The highest BCUT2D eigenvalue weighted by molar-refractivity contribution is 6.31. The van der Waals surface area contributed by atoms with Crippen LogP contribution in [0.15, 0.2) is 41.0 Å². The topological polar surface area (TPSA) is 25.2 Å². The van der Waals surface area contributed by atoms with Gasteiger partial charge in [0.15, 0.2) is 0 Å². The molecule has 0 aliphatic rings. The molecule has 1 unspecified atom stereocenters. The van der Waals surface area contributed by atoms with Gasteiger partial charge in [0, 0.05) is 24.0 Å². The summed E-state index contributed by atoms with van der Waals surface area (Å²) in [4.78, 5) is 0. The zero-order valence-corrected chi connectivity index (χ0v) is 11.5. The second-order valence-corrected chi connectivity index (χ2v) is 5.07. The van der Waals surface area contributed by atoms with Gasteiger partial charge in [0.25, 0.3) is 0 Å². The molecule has 1 atom stereocenters. The van der Waals surface area contributed by atoms with Crippen molar-refractivity contribution in [1.29, 1.82) is 0 Å². The maximum Gasteiger partial charge on any atom is 0.105 e. The minimum atomic E-state index is 0.355. The van der Waals surface area contributed by atoms with Crippen molar-refractivity contribution in [3.8, 4) is 0 Å². The van der Waals surface area contributed by atoms with Crippen molar-refractivity contribution in [2.45, 2.75) is 32.9 Å². The van der Waals surface area contributed by atoms with Gasteiger partial charge in [0.1, 0.15) is 5.76 Å². The zero-order chi connectivity index (χ0) is 13.0. The van der Waals surface area contributed by atoms with Crippen LogP contribution in [0.1, 0.15) is 23.8 Å². The first-order valence-electron chi connectivity index (χ1n) is 6.16. The summed E-state index contributed by atoms with van der Waals surface area (Å²) in [7, 11) is 0. The van der Waals surface area contributed by atoms with Crippen molar-refractivity contribution >= 4 is 11.6 Å². The lowest BCUT2D eigenvalue weighted by Gasteiger charge is -2.13. The summed E-state index contributed by atoms with van der Waals surface area (Å²) >= 11 is 6.20. The number of rotatable bonds is 5. The predicted octanol–water partition coefficient (Wildman–Crippen LogP) is 3.96. The van der Waals surface area contributed by atoms with E-state index < -0.39 is 0 Å². The van der Waals surface area contributed by atoms with Crippen LogP contribution in [0.3, 0.4) is 0 Å². The molecule has 1 aromatic carbocycles. The number of halogens is 1. The van der Waals surface area contributed by atoms with Gasteiger partial charge in [-0.15, -0.1) is 0 Å². The normalized spacial score (nSPS) is 12.6. The fraction of sp³-hybridized carbons (Fsp3) is 0.333. The molecule has 0 spiro atoms. The van der Waals surface area contributed by atoms with E-state index in [1.807, 2.05) is 25.1 Å². The first kappa shape index (κ1) is 13.2. The molecule has 96 valence electrons. The van der Waals surface area contributed by atoms with Crippen molar-refractivity contribution in [1.82, 2.24) is 5.32 Å². The molecule has 18 heavy (non-hydrogen) atoms. The second kappa shape index (κ2) is 6.07. The van der Waals surface area contributed by atoms with Gasteiger partial charge in [-0.1, -0.05) is 23.7 Å². The van der Waals surface area contributed by atoms with Crippen LogP contribution in [-0.4, -0.2) is 6.04 Å². The van der Waals surface area contributed by atoms with E-state index in [0.717, 1.165) is 29.3 Å². The third-order valence-electron chi connectivity index (χ3n) is 2.94. The van der Waals surface area contributed by atoms with Crippen LogP contribution in [-0.2, 0) is 13.0 Å². The van der Waals surface area contributed by atoms with Crippen LogP contribution in [0, 0.1) is 6.92 Å². The van der Waals surface area contributed by atoms with E-state index in [2.05, 4.69) is 24.4 Å². The molecule has 2 rings (SSSR count). The Balaban J connectivity index is 1.87. The fourth-order valence-electron chi connectivity index (χ4n) is 1.88. The minimum Gasteiger partial charge on any atom is -0.469 e. The number of hydrogen-bond acceptors (Lipinski definition) is 2. The lowest BCUT2D eigenvalue weighted by molar-refractivity contribution is 0.456. The van der Waals surface area contributed by atoms with Crippen molar-refractivity contribution in [2.24, 2.45) is 0 Å². The quantitative estimate of drug-likeness (QED) is 0.883. The number of benzene rings is 1. The van der Waals surface area contributed by atoms with Crippen LogP contribution in [0.2, 0.25) is 5.02 Å². The molecule has 2 aromatic rings. The van der Waals surface area contributed by atoms with Crippen molar-refractivity contribution in [3.05, 3.63) is 58.5 Å². The molecule has 2 nitrogen and oxygen atoms in total. The number of nitrogens with one attached hydrogen (secondary N) is 1. The van der Waals surface area contributed by atoms with Gasteiger partial charge in [0.2, 0.25) is 0 Å². The third-order valence-corrected chi connectivity index (χ3v) is 3.29. The molecular formula is C15H18ClNO. The zero-order valence-electron chi connectivity index (χ0n) is 10.7. The van der Waals surface area contributed by atoms with Crippen LogP contribution in [0.25, 0.3) is 0 Å². The Morgan fingerprint density at radius 2 is 2.17 bits per heavy atom. The van der Waals surface area contributed by atoms with Crippen molar-refractivity contribution in [2.75, 3.05) is 0 Å². The summed E-state index contributed by atoms with van der Waals surface area (Å²) < 4.78 is 5.33. The fourth-order valence-corrected chi connectivity index (χ4v) is 2.18. The summed E-state index contributed by atoms with van der Waals surface area (Å²) in [5.74, 6) is 1.00. The van der Waals surface area contributed by atoms with Crippen LogP contribution >= 0.6 is 11.6 Å². The van der Waals surface area contributed by atoms with Gasteiger partial charge >= 0.3 is 0 Å². The van der Waals surface area contributed by atoms with E-state index in [1.54, 1.807) is 6.26 Å². The Bertz CT molecular complexity index is 493. The lowest BCUT2D eigenvalue weighted by Crippen LogP contribution is -2.27. The highest BCUT2D eigenvalue weighted by atomic mass is 35.5. The van der Waals surface area contributed by atoms with E-state index >= 15 is 0 Å². The predicted molar refractivity (Wildman–Crippen MR) is 74.9 cm³/mol. The van der Waals surface area contributed by atoms with Crippen LogP contribution in [0.4, 0.5) is 0 Å². The largest absolute Gasteiger partial charge is 0.469 e. The standard InChI is InChI=1S/C15H18ClNO/c1-11-5-6-13(15(16)8-11)10-17-12(2)9-14-4-3-7-18-14/h3-8,12,17H,9-10H2,1-2H3. The SMILES string of the molecule is Cc1ccc(CNC(C)Cc2ccco2)c(Cl)c1. The molecule has 1 heterocycles. The Morgan fingerprint density at radius 3 is 2.83 bits per heavy atom. The molecule has 0 aliphatic carbocycles. The smallest absolute Gasteiger partial charge is 0.105 e. The van der Waals surface area contributed by atoms with Crippen LogP contribution < -0.4 is 5.32 Å². The number of aryl methyl sites for hydroxylation is 1. The Morgan fingerprint density at radius 1 is 1.33 bits per heavy atom. The van der Waals surface area contributed by atoms with Gasteiger partial charge in [-0.3, -0.25) is 0 Å². The first-order chi connectivity index (χ1) is 8.65. The monoisotopic (exact) mass is 263 g/mol. The van der Waals surface area contributed by atoms with Crippen molar-refractivity contribution < 1.29 is 4.42 Å². The average Bonchev–Trinajstić information content (AvgIpc) is 2.80. The Hall–Kier alpha value is -1.25. The van der Waals surface area contributed by atoms with Gasteiger partial charge in [0.05, 0.1) is 6.26 Å². The first-order valence-corrected chi connectivity index (χ1v) is 6.54. The third kappa shape index (κ3) is 3.62. The summed E-state index contributed by atoms with van der Waals surface area (Å²) in [6.45, 7) is 4.97. The van der Waals surface area contributed by atoms with E-state index in [9.17, 15) is 0 Å². The molecule has 1 aromatic heterocycles. The highest BCUT2D eigenvalue weighted by Crippen LogP contribution is 2.17. The average molecular weight is 264 g/mol. The van der Waals surface area contributed by atoms with Gasteiger partial charge in [-0.25, -0.2) is 0 Å². The molecule has 1 N–H and O–H groups in total. The van der Waals surface area contributed by atoms with Gasteiger partial charge in [-0.2, -0.15) is 0 Å². The second-order valence-electron chi connectivity index (χ2n) is 4.66. The number of furan rings is 1. The molecule has 0 aliphatic heterocycles. The molecule has 0 radical (unpaired) electrons. The van der Waals surface area contributed by atoms with Gasteiger partial charge in [-0.05, 0) is 43.2 Å². The molecular weight excluding hydrogens is 246 g/mol. The maximum absolute atomic E-state index is 6.20. The summed E-state index contributed by atoms with van der Waals surface area (Å²) in [5.41, 5.74) is 2.32. The molecule has 0 saturated carbocycles. The molecule has 3 heteroatoms. The number of hydrogen-bond donors (Lipinski definition) is 1. The van der Waals surface area contributed by atoms with Crippen molar-refractivity contribution in [3.63, 3.8) is 0 Å². The molecule has 0 bridgehead atoms. The maximum atomic E-state index is 6.20. The van der Waals surface area contributed by atoms with Crippen LogP contribution in [0.5, 0.6) is 0 Å². The molecule has 0 fully saturated rings. The Labute approximate surface area is 113 Å². The summed E-state index contributed by atoms with van der Waals surface area (Å²) in [5, 5.41) is 4.28. The Kier molecular flexibility index (Phi) is 4.45.